The lowest BCUT2D eigenvalue weighted by Gasteiger charge is -2.38. The Morgan fingerprint density at radius 3 is 2.07 bits per heavy atom. The van der Waals surface area contributed by atoms with E-state index in [2.05, 4.69) is 29.7 Å². The van der Waals surface area contributed by atoms with E-state index in [1.54, 1.807) is 40.8 Å². The molecule has 3 aliphatic rings. The summed E-state index contributed by atoms with van der Waals surface area (Å²) >= 11 is 0. The molecule has 1 atom stereocenters. The maximum absolute atomic E-state index is 13.6. The summed E-state index contributed by atoms with van der Waals surface area (Å²) in [4.78, 5) is 27.9. The number of H-pyrrole nitrogens is 1. The lowest BCUT2D eigenvalue weighted by Crippen LogP contribution is -2.48. The predicted octanol–water partition coefficient (Wildman–Crippen LogP) is 4.44. The van der Waals surface area contributed by atoms with Crippen LogP contribution in [0.25, 0.3) is 22.1 Å². The Bertz CT molecular complexity index is 2670. The Hall–Kier alpha value is -4.21. The first-order valence-corrected chi connectivity index (χ1v) is 25.1. The third kappa shape index (κ3) is 8.37. The van der Waals surface area contributed by atoms with E-state index in [0.717, 1.165) is 49.7 Å². The molecule has 3 fully saturated rings. The van der Waals surface area contributed by atoms with Crippen LogP contribution in [-0.2, 0) is 30.2 Å². The van der Waals surface area contributed by atoms with Crippen molar-refractivity contribution in [2.45, 2.75) is 80.5 Å². The average molecular weight is 883 g/mol. The van der Waals surface area contributed by atoms with Crippen LogP contribution in [-0.4, -0.2) is 133 Å². The van der Waals surface area contributed by atoms with Crippen molar-refractivity contribution in [3.63, 3.8) is 0 Å². The van der Waals surface area contributed by atoms with Crippen LogP contribution >= 0.6 is 0 Å². The van der Waals surface area contributed by atoms with Gasteiger partial charge in [0.25, 0.3) is 20.1 Å². The number of aryl methyl sites for hydroxylation is 1. The second-order valence-corrected chi connectivity index (χ2v) is 22.3. The Balaban J connectivity index is 0.967. The van der Waals surface area contributed by atoms with Crippen LogP contribution in [0.3, 0.4) is 0 Å². The number of hydrogen-bond donors (Lipinski definition) is 2. The van der Waals surface area contributed by atoms with Gasteiger partial charge in [0.15, 0.2) is 11.5 Å². The van der Waals surface area contributed by atoms with Crippen LogP contribution in [0.2, 0.25) is 0 Å². The van der Waals surface area contributed by atoms with Crippen LogP contribution < -0.4 is 9.80 Å². The van der Waals surface area contributed by atoms with Gasteiger partial charge < -0.3 is 19.7 Å². The lowest BCUT2D eigenvalue weighted by molar-refractivity contribution is 0.220. The van der Waals surface area contributed by atoms with E-state index >= 15 is 0 Å². The summed E-state index contributed by atoms with van der Waals surface area (Å²) in [7, 11) is -6.07. The SMILES string of the molecule is Cc1ccc(S(=O)(=O)n2ccc3c(N(C)[C@H]4CC[C@H](C(c5nc(N(C)[C@H]6CC[C@H](CS(=O)(=O)N7CCN(C)CC7)CC6)c6cc[nH]c6n5)S(=O)(=O)O)CC4)ncnc32)cc1. The van der Waals surface area contributed by atoms with E-state index < -0.39 is 41.3 Å². The Morgan fingerprint density at radius 1 is 0.783 bits per heavy atom. The number of aromatic amines is 1. The molecular weight excluding hydrogens is 829 g/mol. The highest BCUT2D eigenvalue weighted by Crippen LogP contribution is 2.42. The van der Waals surface area contributed by atoms with Crippen molar-refractivity contribution in [2.24, 2.45) is 11.8 Å². The molecule has 324 valence electrons. The molecular formula is C40H54N10O7S3. The van der Waals surface area contributed by atoms with Crippen LogP contribution in [0.4, 0.5) is 11.6 Å². The first-order valence-electron chi connectivity index (χ1n) is 20.6. The van der Waals surface area contributed by atoms with Gasteiger partial charge in [-0.3, -0.25) is 4.55 Å². The van der Waals surface area contributed by atoms with E-state index in [9.17, 15) is 29.8 Å². The first kappa shape index (κ1) is 42.5. The second-order valence-electron chi connectivity index (χ2n) is 16.9. The molecule has 1 saturated heterocycles. The van der Waals surface area contributed by atoms with Gasteiger partial charge in [-0.1, -0.05) is 17.7 Å². The summed E-state index contributed by atoms with van der Waals surface area (Å²) in [6.07, 6.45) is 9.65. The van der Waals surface area contributed by atoms with Crippen LogP contribution in [0.1, 0.15) is 68.0 Å². The van der Waals surface area contributed by atoms with Crippen LogP contribution in [0, 0.1) is 18.8 Å². The first-order chi connectivity index (χ1) is 28.5. The van der Waals surface area contributed by atoms with Crippen LogP contribution in [0.15, 0.2) is 60.0 Å². The quantitative estimate of drug-likeness (QED) is 0.166. The van der Waals surface area contributed by atoms with Gasteiger partial charge in [-0.25, -0.2) is 40.7 Å². The molecule has 2 aliphatic carbocycles. The monoisotopic (exact) mass is 882 g/mol. The molecule has 8 rings (SSSR count). The molecule has 20 heteroatoms. The number of hydrogen-bond acceptors (Lipinski definition) is 13. The molecule has 1 aliphatic heterocycles. The maximum Gasteiger partial charge on any atom is 0.275 e. The minimum Gasteiger partial charge on any atom is -0.356 e. The summed E-state index contributed by atoms with van der Waals surface area (Å²) in [5.74, 6) is 0.900. The molecule has 0 radical (unpaired) electrons. The number of sulfonamides is 1. The zero-order valence-corrected chi connectivity index (χ0v) is 36.9. The van der Waals surface area contributed by atoms with Crippen molar-refractivity contribution in [3.05, 3.63) is 66.5 Å². The van der Waals surface area contributed by atoms with E-state index in [1.165, 1.54) is 16.5 Å². The van der Waals surface area contributed by atoms with E-state index in [-0.39, 0.29) is 40.1 Å². The van der Waals surface area contributed by atoms with Gasteiger partial charge in [-0.2, -0.15) is 12.7 Å². The largest absolute Gasteiger partial charge is 0.356 e. The van der Waals surface area contributed by atoms with Gasteiger partial charge in [0.1, 0.15) is 28.9 Å². The Kier molecular flexibility index (Phi) is 11.7. The van der Waals surface area contributed by atoms with Gasteiger partial charge in [0.05, 0.1) is 21.4 Å². The molecule has 0 bridgehead atoms. The van der Waals surface area contributed by atoms with Crippen molar-refractivity contribution in [3.8, 4) is 0 Å². The van der Waals surface area contributed by atoms with Gasteiger partial charge >= 0.3 is 0 Å². The van der Waals surface area contributed by atoms with Gasteiger partial charge in [-0.15, -0.1) is 0 Å². The predicted molar refractivity (Wildman–Crippen MR) is 231 cm³/mol. The standard InChI is InChI=1S/C40H54N10O7S3/c1-27-5-15-32(16-6-27)59(53,54)50-20-18-34-38(42-26-43-39(34)50)47(3)31-13-9-29(10-14-31)35(60(55,56)57)37-44-36-33(17-19-41-36)40(45-37)48(4)30-11-7-28(8-12-30)25-58(51,52)49-23-21-46(2)22-24-49/h5-6,15-20,26,28-31,35H,7-14,21-25H2,1-4H3,(H,41,44,45)(H,55,56,57)/t28-,29-,30-,31-,35?. The molecule has 17 nitrogen and oxygen atoms in total. The molecule has 2 N–H and O–H groups in total. The molecule has 1 aromatic carbocycles. The molecule has 60 heavy (non-hydrogen) atoms. The maximum atomic E-state index is 13.6. The number of fused-ring (bicyclic) bond motifs is 2. The highest BCUT2D eigenvalue weighted by atomic mass is 32.2. The fraction of sp³-hybridized carbons (Fsp3) is 0.550. The number of piperazine rings is 1. The highest BCUT2D eigenvalue weighted by Gasteiger charge is 2.41. The third-order valence-electron chi connectivity index (χ3n) is 13.0. The van der Waals surface area contributed by atoms with Crippen molar-refractivity contribution < 1.29 is 29.8 Å². The van der Waals surface area contributed by atoms with Crippen molar-refractivity contribution >= 4 is 63.9 Å². The zero-order valence-electron chi connectivity index (χ0n) is 34.4. The highest BCUT2D eigenvalue weighted by molar-refractivity contribution is 7.90. The van der Waals surface area contributed by atoms with Crippen molar-refractivity contribution in [1.29, 1.82) is 0 Å². The lowest BCUT2D eigenvalue weighted by atomic mass is 9.83. The zero-order chi connectivity index (χ0) is 42.6. The summed E-state index contributed by atoms with van der Waals surface area (Å²) in [5.41, 5.74) is 1.67. The van der Waals surface area contributed by atoms with E-state index in [1.807, 2.05) is 39.0 Å². The number of anilines is 2. The second kappa shape index (κ2) is 16.6. The minimum absolute atomic E-state index is 0.0340. The average Bonchev–Trinajstić information content (AvgIpc) is 3.89. The van der Waals surface area contributed by atoms with Gasteiger partial charge in [-0.05, 0) is 101 Å². The molecule has 5 heterocycles. The molecule has 4 aromatic heterocycles. The third-order valence-corrected chi connectivity index (χ3v) is 18.0. The fourth-order valence-corrected chi connectivity index (χ4v) is 13.7. The molecule has 0 spiro atoms. The summed E-state index contributed by atoms with van der Waals surface area (Å²) in [5, 5.41) is -0.0508. The van der Waals surface area contributed by atoms with Gasteiger partial charge in [0.2, 0.25) is 10.0 Å². The Morgan fingerprint density at radius 2 is 1.42 bits per heavy atom. The van der Waals surface area contributed by atoms with E-state index in [0.29, 0.717) is 61.4 Å². The number of aromatic nitrogens is 6. The number of likely N-dealkylation sites (N-methyl/N-ethyl adjacent to an activating group) is 1. The van der Waals surface area contributed by atoms with Crippen LogP contribution in [0.5, 0.6) is 0 Å². The fourth-order valence-electron chi connectivity index (χ4n) is 9.44. The molecule has 0 amide bonds. The summed E-state index contributed by atoms with van der Waals surface area (Å²) in [6, 6.07) is 10.2. The number of nitrogens with zero attached hydrogens (tertiary/aromatic N) is 9. The smallest absolute Gasteiger partial charge is 0.275 e. The van der Waals surface area contributed by atoms with Gasteiger partial charge in [0, 0.05) is 64.8 Å². The number of rotatable bonds is 12. The van der Waals surface area contributed by atoms with E-state index in [4.69, 9.17) is 4.98 Å². The summed E-state index contributed by atoms with van der Waals surface area (Å²) in [6.45, 7) is 4.41. The number of nitrogens with one attached hydrogen (secondary N) is 1. The minimum atomic E-state index is -4.64. The Labute approximate surface area is 352 Å². The topological polar surface area (TPSA) is 208 Å². The summed E-state index contributed by atoms with van der Waals surface area (Å²) < 4.78 is 93.8. The van der Waals surface area contributed by atoms with Crippen molar-refractivity contribution in [1.82, 2.24) is 38.1 Å². The van der Waals surface area contributed by atoms with Crippen molar-refractivity contribution in [2.75, 3.05) is 62.9 Å². The molecule has 5 aromatic rings. The normalized spacial score (nSPS) is 23.2. The molecule has 2 saturated carbocycles. The number of benzene rings is 1. The molecule has 1 unspecified atom stereocenters.